The van der Waals surface area contributed by atoms with Crippen molar-refractivity contribution in [1.29, 1.82) is 0 Å². The third-order valence-corrected chi connectivity index (χ3v) is 3.99. The second-order valence-electron chi connectivity index (χ2n) is 4.08. The fourth-order valence-electron chi connectivity index (χ4n) is 1.74. The molecule has 1 aliphatic carbocycles. The van der Waals surface area contributed by atoms with Gasteiger partial charge in [-0.15, -0.1) is 0 Å². The molecule has 0 unspecified atom stereocenters. The summed E-state index contributed by atoms with van der Waals surface area (Å²) in [4.78, 5) is 13.9. The van der Waals surface area contributed by atoms with Gasteiger partial charge in [-0.3, -0.25) is 4.79 Å². The molecule has 17 heavy (non-hydrogen) atoms. The fraction of sp³-hybridized carbons (Fsp3) is 0.417. The first kappa shape index (κ1) is 12.9. The SMILES string of the molecule is O=C(c1ccc(Br)c(Cl)c1)N(CCO)C1CC1. The Morgan fingerprint density at radius 1 is 1.53 bits per heavy atom. The van der Waals surface area contributed by atoms with Crippen LogP contribution in [-0.2, 0) is 0 Å². The van der Waals surface area contributed by atoms with Crippen molar-refractivity contribution in [2.75, 3.05) is 13.2 Å². The molecule has 0 atom stereocenters. The Kier molecular flexibility index (Phi) is 4.07. The van der Waals surface area contributed by atoms with Crippen LogP contribution in [-0.4, -0.2) is 35.1 Å². The number of benzene rings is 1. The van der Waals surface area contributed by atoms with E-state index in [2.05, 4.69) is 15.9 Å². The van der Waals surface area contributed by atoms with Crippen LogP contribution in [0, 0.1) is 0 Å². The van der Waals surface area contributed by atoms with E-state index in [1.807, 2.05) is 0 Å². The van der Waals surface area contributed by atoms with E-state index in [-0.39, 0.29) is 18.6 Å². The standard InChI is InChI=1S/C12H13BrClNO2/c13-10-4-1-8(7-11(10)14)12(17)15(5-6-16)9-2-3-9/h1,4,7,9,16H,2-3,5-6H2. The zero-order valence-electron chi connectivity index (χ0n) is 9.20. The number of nitrogens with zero attached hydrogens (tertiary/aromatic N) is 1. The number of carbonyl (C=O) groups excluding carboxylic acids is 1. The molecule has 5 heteroatoms. The van der Waals surface area contributed by atoms with Crippen LogP contribution in [0.15, 0.2) is 22.7 Å². The van der Waals surface area contributed by atoms with Crippen molar-refractivity contribution in [1.82, 2.24) is 4.90 Å². The Hall–Kier alpha value is -0.580. The lowest BCUT2D eigenvalue weighted by atomic mass is 10.2. The van der Waals surface area contributed by atoms with Crippen molar-refractivity contribution in [2.24, 2.45) is 0 Å². The molecule has 1 aromatic carbocycles. The number of rotatable bonds is 4. The number of carbonyl (C=O) groups is 1. The Morgan fingerprint density at radius 2 is 2.24 bits per heavy atom. The van der Waals surface area contributed by atoms with Crippen LogP contribution >= 0.6 is 27.5 Å². The van der Waals surface area contributed by atoms with Gasteiger partial charge >= 0.3 is 0 Å². The molecule has 0 spiro atoms. The molecular weight excluding hydrogens is 305 g/mol. The van der Waals surface area contributed by atoms with Crippen molar-refractivity contribution in [2.45, 2.75) is 18.9 Å². The van der Waals surface area contributed by atoms with Gasteiger partial charge in [0.05, 0.1) is 11.6 Å². The van der Waals surface area contributed by atoms with Crippen LogP contribution in [0.1, 0.15) is 23.2 Å². The molecule has 1 N–H and O–H groups in total. The summed E-state index contributed by atoms with van der Waals surface area (Å²) in [6.07, 6.45) is 2.05. The highest BCUT2D eigenvalue weighted by atomic mass is 79.9. The molecule has 1 saturated carbocycles. The zero-order valence-corrected chi connectivity index (χ0v) is 11.5. The van der Waals surface area contributed by atoms with E-state index in [4.69, 9.17) is 16.7 Å². The van der Waals surface area contributed by atoms with Gasteiger partial charge in [-0.2, -0.15) is 0 Å². The summed E-state index contributed by atoms with van der Waals surface area (Å²) in [5, 5.41) is 9.50. The summed E-state index contributed by atoms with van der Waals surface area (Å²) in [7, 11) is 0. The predicted molar refractivity (Wildman–Crippen MR) is 70.3 cm³/mol. The Labute approximate surface area is 114 Å². The molecule has 0 heterocycles. The summed E-state index contributed by atoms with van der Waals surface area (Å²) in [6, 6.07) is 5.45. The molecule has 0 radical (unpaired) electrons. The topological polar surface area (TPSA) is 40.5 Å². The minimum absolute atomic E-state index is 0.00744. The maximum atomic E-state index is 12.2. The molecule has 1 aromatic rings. The largest absolute Gasteiger partial charge is 0.395 e. The third kappa shape index (κ3) is 3.00. The average molecular weight is 319 g/mol. The van der Waals surface area contributed by atoms with Gasteiger partial charge in [0.25, 0.3) is 5.91 Å². The lowest BCUT2D eigenvalue weighted by Gasteiger charge is -2.21. The number of halogens is 2. The van der Waals surface area contributed by atoms with E-state index < -0.39 is 0 Å². The molecule has 2 rings (SSSR count). The van der Waals surface area contributed by atoms with Gasteiger partial charge < -0.3 is 10.0 Å². The summed E-state index contributed by atoms with van der Waals surface area (Å²) < 4.78 is 0.774. The van der Waals surface area contributed by atoms with E-state index in [0.717, 1.165) is 17.3 Å². The van der Waals surface area contributed by atoms with Crippen LogP contribution in [0.25, 0.3) is 0 Å². The first-order valence-electron chi connectivity index (χ1n) is 5.50. The highest BCUT2D eigenvalue weighted by molar-refractivity contribution is 9.10. The quantitative estimate of drug-likeness (QED) is 0.927. The van der Waals surface area contributed by atoms with Gasteiger partial charge in [0.2, 0.25) is 0 Å². The zero-order chi connectivity index (χ0) is 12.4. The van der Waals surface area contributed by atoms with Gasteiger partial charge in [-0.05, 0) is 47.0 Å². The minimum Gasteiger partial charge on any atom is -0.395 e. The summed E-state index contributed by atoms with van der Waals surface area (Å²) in [5.74, 6) is -0.0593. The van der Waals surface area contributed by atoms with Gasteiger partial charge in [0.15, 0.2) is 0 Å². The van der Waals surface area contributed by atoms with Crippen molar-refractivity contribution < 1.29 is 9.90 Å². The maximum Gasteiger partial charge on any atom is 0.254 e. The molecule has 1 amide bonds. The van der Waals surface area contributed by atoms with Crippen LogP contribution < -0.4 is 0 Å². The van der Waals surface area contributed by atoms with Crippen molar-refractivity contribution in [3.8, 4) is 0 Å². The molecule has 1 fully saturated rings. The van der Waals surface area contributed by atoms with Crippen molar-refractivity contribution in [3.05, 3.63) is 33.3 Å². The van der Waals surface area contributed by atoms with Gasteiger partial charge in [-0.1, -0.05) is 11.6 Å². The van der Waals surface area contributed by atoms with Gasteiger partial charge in [0.1, 0.15) is 0 Å². The van der Waals surface area contributed by atoms with Crippen molar-refractivity contribution in [3.63, 3.8) is 0 Å². The average Bonchev–Trinajstić information content (AvgIpc) is 3.13. The fourth-order valence-corrected chi connectivity index (χ4v) is 2.17. The summed E-state index contributed by atoms with van der Waals surface area (Å²) in [5.41, 5.74) is 0.568. The van der Waals surface area contributed by atoms with Gasteiger partial charge in [-0.25, -0.2) is 0 Å². The van der Waals surface area contributed by atoms with E-state index >= 15 is 0 Å². The predicted octanol–water partition coefficient (Wildman–Crippen LogP) is 2.70. The molecule has 1 aliphatic rings. The van der Waals surface area contributed by atoms with Gasteiger partial charge in [0, 0.05) is 22.6 Å². The van der Waals surface area contributed by atoms with E-state index in [9.17, 15) is 4.79 Å². The molecule has 0 saturated heterocycles. The molecule has 3 nitrogen and oxygen atoms in total. The normalized spacial score (nSPS) is 14.8. The number of hydrogen-bond acceptors (Lipinski definition) is 2. The lowest BCUT2D eigenvalue weighted by Crippen LogP contribution is -2.35. The second kappa shape index (κ2) is 5.38. The Morgan fingerprint density at radius 3 is 2.76 bits per heavy atom. The van der Waals surface area contributed by atoms with E-state index in [0.29, 0.717) is 17.1 Å². The molecule has 0 bridgehead atoms. The lowest BCUT2D eigenvalue weighted by molar-refractivity contribution is 0.0707. The van der Waals surface area contributed by atoms with Crippen LogP contribution in [0.2, 0.25) is 5.02 Å². The number of aliphatic hydroxyl groups is 1. The number of hydrogen-bond donors (Lipinski definition) is 1. The van der Waals surface area contributed by atoms with Crippen LogP contribution in [0.3, 0.4) is 0 Å². The smallest absolute Gasteiger partial charge is 0.254 e. The second-order valence-corrected chi connectivity index (χ2v) is 5.34. The Balaban J connectivity index is 2.19. The maximum absolute atomic E-state index is 12.2. The molecular formula is C12H13BrClNO2. The van der Waals surface area contributed by atoms with Crippen molar-refractivity contribution >= 4 is 33.4 Å². The highest BCUT2D eigenvalue weighted by Crippen LogP contribution is 2.29. The molecule has 0 aromatic heterocycles. The van der Waals surface area contributed by atoms with E-state index in [1.165, 1.54) is 0 Å². The monoisotopic (exact) mass is 317 g/mol. The first-order valence-corrected chi connectivity index (χ1v) is 6.67. The summed E-state index contributed by atoms with van der Waals surface area (Å²) in [6.45, 7) is 0.379. The number of aliphatic hydroxyl groups excluding tert-OH is 1. The minimum atomic E-state index is -0.0593. The summed E-state index contributed by atoms with van der Waals surface area (Å²) >= 11 is 9.26. The number of amides is 1. The first-order chi connectivity index (χ1) is 8.13. The Bertz CT molecular complexity index is 435. The van der Waals surface area contributed by atoms with E-state index in [1.54, 1.807) is 23.1 Å². The molecule has 0 aliphatic heterocycles. The highest BCUT2D eigenvalue weighted by Gasteiger charge is 2.32. The van der Waals surface area contributed by atoms with Crippen LogP contribution in [0.5, 0.6) is 0 Å². The third-order valence-electron chi connectivity index (χ3n) is 2.76. The molecule has 92 valence electrons. The van der Waals surface area contributed by atoms with Crippen LogP contribution in [0.4, 0.5) is 0 Å².